The summed E-state index contributed by atoms with van der Waals surface area (Å²) in [6, 6.07) is 6.37. The van der Waals surface area contributed by atoms with Crippen LogP contribution in [0.5, 0.6) is 5.75 Å². The minimum absolute atomic E-state index is 0.0455. The summed E-state index contributed by atoms with van der Waals surface area (Å²) in [6.07, 6.45) is -3.71. The van der Waals surface area contributed by atoms with E-state index in [1.807, 2.05) is 0 Å². The predicted molar refractivity (Wildman–Crippen MR) is 109 cm³/mol. The quantitative estimate of drug-likeness (QED) is 0.368. The standard InChI is InChI=1S/C22H24O10/c1-11-7-20(26)31-17-8-15(5-6-16(11)17)30-21-9-18(28-13(3)24)22(29-14(4)25)19(32-21)10-27-12(2)23/h5-8,18-19,21-22H,9-10H2,1-4H3/t18-,19-,21-,22-/m1/s1. The summed E-state index contributed by atoms with van der Waals surface area (Å²) in [5.74, 6) is -1.40. The van der Waals surface area contributed by atoms with Crippen LogP contribution in [-0.2, 0) is 33.3 Å². The van der Waals surface area contributed by atoms with E-state index < -0.39 is 48.1 Å². The number of hydrogen-bond donors (Lipinski definition) is 0. The lowest BCUT2D eigenvalue weighted by molar-refractivity contribution is -0.245. The van der Waals surface area contributed by atoms with Crippen molar-refractivity contribution in [3.63, 3.8) is 0 Å². The molecule has 0 unspecified atom stereocenters. The topological polar surface area (TPSA) is 128 Å². The molecule has 0 aliphatic carbocycles. The first-order valence-corrected chi connectivity index (χ1v) is 9.97. The van der Waals surface area contributed by atoms with E-state index in [9.17, 15) is 19.2 Å². The molecule has 1 aromatic heterocycles. The second-order valence-electron chi connectivity index (χ2n) is 7.39. The highest BCUT2D eigenvalue weighted by Crippen LogP contribution is 2.30. The summed E-state index contributed by atoms with van der Waals surface area (Å²) >= 11 is 0. The van der Waals surface area contributed by atoms with Gasteiger partial charge in [-0.25, -0.2) is 4.79 Å². The molecule has 0 spiro atoms. The fourth-order valence-corrected chi connectivity index (χ4v) is 3.50. The fraction of sp³-hybridized carbons (Fsp3) is 0.455. The molecule has 2 aromatic rings. The Morgan fingerprint density at radius 2 is 1.75 bits per heavy atom. The molecule has 1 saturated heterocycles. The van der Waals surface area contributed by atoms with E-state index in [-0.39, 0.29) is 13.0 Å². The largest absolute Gasteiger partial charge is 0.465 e. The molecule has 0 radical (unpaired) electrons. The molecule has 1 aliphatic rings. The van der Waals surface area contributed by atoms with Gasteiger partial charge in [-0.05, 0) is 24.6 Å². The van der Waals surface area contributed by atoms with E-state index in [0.717, 1.165) is 10.9 Å². The summed E-state index contributed by atoms with van der Waals surface area (Å²) in [6.45, 7) is 5.22. The average molecular weight is 448 g/mol. The first-order valence-electron chi connectivity index (χ1n) is 9.97. The number of carbonyl (C=O) groups excluding carboxylic acids is 3. The monoisotopic (exact) mass is 448 g/mol. The smallest absolute Gasteiger partial charge is 0.336 e. The lowest BCUT2D eigenvalue weighted by Crippen LogP contribution is -2.54. The molecule has 3 rings (SSSR count). The summed E-state index contributed by atoms with van der Waals surface area (Å²) in [5, 5.41) is 0.752. The highest BCUT2D eigenvalue weighted by atomic mass is 16.7. The lowest BCUT2D eigenvalue weighted by Gasteiger charge is -2.39. The van der Waals surface area contributed by atoms with Crippen molar-refractivity contribution in [2.75, 3.05) is 6.61 Å². The second-order valence-corrected chi connectivity index (χ2v) is 7.39. The Bertz CT molecular complexity index is 1070. The average Bonchev–Trinajstić information content (AvgIpc) is 2.67. The van der Waals surface area contributed by atoms with Gasteiger partial charge < -0.3 is 28.1 Å². The van der Waals surface area contributed by atoms with Crippen LogP contribution in [0.1, 0.15) is 32.8 Å². The molecular weight excluding hydrogens is 424 g/mol. The van der Waals surface area contributed by atoms with E-state index in [4.69, 9.17) is 28.1 Å². The van der Waals surface area contributed by atoms with Crippen LogP contribution >= 0.6 is 0 Å². The summed E-state index contributed by atoms with van der Waals surface area (Å²) < 4.78 is 32.6. The number of ether oxygens (including phenoxy) is 5. The zero-order chi connectivity index (χ0) is 23.4. The third-order valence-corrected chi connectivity index (χ3v) is 4.74. The Morgan fingerprint density at radius 1 is 1.03 bits per heavy atom. The van der Waals surface area contributed by atoms with Gasteiger partial charge >= 0.3 is 23.5 Å². The van der Waals surface area contributed by atoms with Gasteiger partial charge in [0.2, 0.25) is 6.29 Å². The van der Waals surface area contributed by atoms with E-state index in [1.165, 1.54) is 26.8 Å². The van der Waals surface area contributed by atoms with Crippen molar-refractivity contribution in [1.82, 2.24) is 0 Å². The molecule has 172 valence electrons. The minimum Gasteiger partial charge on any atom is -0.465 e. The number of benzene rings is 1. The van der Waals surface area contributed by atoms with Crippen molar-refractivity contribution in [3.8, 4) is 5.75 Å². The van der Waals surface area contributed by atoms with Gasteiger partial charge in [0.05, 0.1) is 6.42 Å². The number of aryl methyl sites for hydroxylation is 1. The van der Waals surface area contributed by atoms with Crippen LogP contribution in [0.2, 0.25) is 0 Å². The number of esters is 3. The fourth-order valence-electron chi connectivity index (χ4n) is 3.50. The van der Waals surface area contributed by atoms with Gasteiger partial charge in [-0.1, -0.05) is 0 Å². The normalized spacial score (nSPS) is 22.8. The molecule has 0 saturated carbocycles. The minimum atomic E-state index is -0.993. The van der Waals surface area contributed by atoms with Crippen molar-refractivity contribution in [1.29, 1.82) is 0 Å². The molecule has 4 atom stereocenters. The molecule has 2 heterocycles. The molecule has 0 bridgehead atoms. The van der Waals surface area contributed by atoms with Crippen LogP contribution in [-0.4, -0.2) is 49.1 Å². The van der Waals surface area contributed by atoms with Crippen LogP contribution in [0.4, 0.5) is 0 Å². The van der Waals surface area contributed by atoms with Crippen LogP contribution in [0.3, 0.4) is 0 Å². The first-order chi connectivity index (χ1) is 15.1. The predicted octanol–water partition coefficient (Wildman–Crippen LogP) is 2.02. The molecule has 1 aromatic carbocycles. The van der Waals surface area contributed by atoms with Crippen LogP contribution in [0.25, 0.3) is 11.0 Å². The summed E-state index contributed by atoms with van der Waals surface area (Å²) in [7, 11) is 0. The van der Waals surface area contributed by atoms with Gasteiger partial charge in [-0.2, -0.15) is 0 Å². The van der Waals surface area contributed by atoms with Crippen LogP contribution in [0, 0.1) is 6.92 Å². The maximum atomic E-state index is 11.7. The van der Waals surface area contributed by atoms with Crippen molar-refractivity contribution in [3.05, 3.63) is 40.2 Å². The Kier molecular flexibility index (Phi) is 7.14. The Labute approximate surface area is 183 Å². The second kappa shape index (κ2) is 9.82. The molecule has 1 fully saturated rings. The van der Waals surface area contributed by atoms with Gasteiger partial charge in [0.15, 0.2) is 6.10 Å². The van der Waals surface area contributed by atoms with Gasteiger partial charge in [-0.3, -0.25) is 14.4 Å². The Morgan fingerprint density at radius 3 is 2.41 bits per heavy atom. The molecule has 0 amide bonds. The lowest BCUT2D eigenvalue weighted by atomic mass is 10.0. The van der Waals surface area contributed by atoms with E-state index >= 15 is 0 Å². The Balaban J connectivity index is 1.86. The molecule has 1 aliphatic heterocycles. The number of fused-ring (bicyclic) bond motifs is 1. The Hall–Kier alpha value is -3.40. The van der Waals surface area contributed by atoms with Crippen molar-refractivity contribution in [2.45, 2.75) is 58.7 Å². The number of rotatable bonds is 6. The summed E-state index contributed by atoms with van der Waals surface area (Å²) in [4.78, 5) is 46.2. The third-order valence-electron chi connectivity index (χ3n) is 4.74. The number of hydrogen-bond acceptors (Lipinski definition) is 10. The van der Waals surface area contributed by atoms with Crippen LogP contribution < -0.4 is 10.4 Å². The highest BCUT2D eigenvalue weighted by molar-refractivity contribution is 5.81. The third kappa shape index (κ3) is 5.85. The molecule has 10 heteroatoms. The molecular formula is C22H24O10. The summed E-state index contributed by atoms with van der Waals surface area (Å²) in [5.41, 5.74) is 0.619. The maximum Gasteiger partial charge on any atom is 0.336 e. The van der Waals surface area contributed by atoms with Crippen molar-refractivity contribution >= 4 is 28.9 Å². The van der Waals surface area contributed by atoms with Crippen molar-refractivity contribution < 1.29 is 42.5 Å². The molecule has 32 heavy (non-hydrogen) atoms. The maximum absolute atomic E-state index is 11.7. The van der Waals surface area contributed by atoms with E-state index in [1.54, 1.807) is 25.1 Å². The zero-order valence-electron chi connectivity index (χ0n) is 18.1. The van der Waals surface area contributed by atoms with Gasteiger partial charge in [0.25, 0.3) is 0 Å². The van der Waals surface area contributed by atoms with E-state index in [0.29, 0.717) is 11.3 Å². The molecule has 10 nitrogen and oxygen atoms in total. The van der Waals surface area contributed by atoms with Crippen molar-refractivity contribution in [2.24, 2.45) is 0 Å². The van der Waals surface area contributed by atoms with Gasteiger partial charge in [-0.15, -0.1) is 0 Å². The van der Waals surface area contributed by atoms with Gasteiger partial charge in [0.1, 0.15) is 30.1 Å². The SMILES string of the molecule is CC(=O)OC[C@H]1O[C@@H](Oc2ccc3c(C)cc(=O)oc3c2)C[C@@H](OC(C)=O)[C@H]1OC(C)=O. The molecule has 0 N–H and O–H groups in total. The zero-order valence-corrected chi connectivity index (χ0v) is 18.1. The first kappa shape index (κ1) is 23.3. The van der Waals surface area contributed by atoms with Gasteiger partial charge in [0, 0.05) is 38.3 Å². The number of carbonyl (C=O) groups is 3. The highest BCUT2D eigenvalue weighted by Gasteiger charge is 2.44. The van der Waals surface area contributed by atoms with E-state index in [2.05, 4.69) is 0 Å². The van der Waals surface area contributed by atoms with Crippen LogP contribution in [0.15, 0.2) is 33.5 Å².